The van der Waals surface area contributed by atoms with Crippen LogP contribution in [0.3, 0.4) is 0 Å². The molecular formula is C15H12N2O4S. The number of methoxy groups -OCH3 is 1. The molecule has 2 heterocycles. The van der Waals surface area contributed by atoms with Crippen molar-refractivity contribution in [1.82, 2.24) is 4.98 Å². The summed E-state index contributed by atoms with van der Waals surface area (Å²) in [6, 6.07) is 6.67. The minimum absolute atomic E-state index is 0.0754. The first-order valence-electron chi connectivity index (χ1n) is 6.43. The highest BCUT2D eigenvalue weighted by Crippen LogP contribution is 2.24. The molecule has 0 saturated heterocycles. The number of aryl methyl sites for hydroxylation is 1. The molecule has 0 aliphatic heterocycles. The van der Waals surface area contributed by atoms with Gasteiger partial charge in [0.1, 0.15) is 5.56 Å². The number of amides is 1. The number of aromatic nitrogens is 1. The van der Waals surface area contributed by atoms with Gasteiger partial charge in [-0.1, -0.05) is 12.1 Å². The molecule has 1 amide bonds. The molecule has 0 atom stereocenters. The number of carbonyl (C=O) groups is 1. The molecule has 3 aromatic rings. The van der Waals surface area contributed by atoms with Crippen LogP contribution < -0.4 is 15.7 Å². The molecule has 3 rings (SSSR count). The first kappa shape index (κ1) is 14.3. The van der Waals surface area contributed by atoms with Gasteiger partial charge in [0.2, 0.25) is 0 Å². The lowest BCUT2D eigenvalue weighted by Crippen LogP contribution is -2.20. The minimum Gasteiger partial charge on any atom is -0.493 e. The van der Waals surface area contributed by atoms with Gasteiger partial charge in [-0.25, -0.2) is 9.78 Å². The molecular weight excluding hydrogens is 304 g/mol. The normalized spacial score (nSPS) is 10.6. The van der Waals surface area contributed by atoms with Crippen molar-refractivity contribution in [1.29, 1.82) is 0 Å². The molecule has 1 N–H and O–H groups in total. The van der Waals surface area contributed by atoms with E-state index < -0.39 is 11.5 Å². The van der Waals surface area contributed by atoms with Crippen LogP contribution in [-0.4, -0.2) is 18.0 Å². The van der Waals surface area contributed by atoms with Gasteiger partial charge in [0, 0.05) is 10.8 Å². The maximum atomic E-state index is 12.2. The van der Waals surface area contributed by atoms with Crippen LogP contribution in [0.2, 0.25) is 0 Å². The number of anilines is 1. The summed E-state index contributed by atoms with van der Waals surface area (Å²) in [5.41, 5.74) is 0.323. The van der Waals surface area contributed by atoms with Crippen molar-refractivity contribution >= 4 is 33.3 Å². The second-order valence-electron chi connectivity index (χ2n) is 4.57. The molecule has 1 aromatic carbocycles. The number of fused-ring (bicyclic) bond motifs is 1. The number of nitrogens with one attached hydrogen (secondary N) is 1. The van der Waals surface area contributed by atoms with Gasteiger partial charge >= 0.3 is 5.63 Å². The van der Waals surface area contributed by atoms with Gasteiger partial charge in [-0.3, -0.25) is 10.1 Å². The third-order valence-corrected chi connectivity index (χ3v) is 3.90. The van der Waals surface area contributed by atoms with E-state index in [1.165, 1.54) is 24.5 Å². The molecule has 2 aromatic heterocycles. The first-order chi connectivity index (χ1) is 10.6. The Morgan fingerprint density at radius 3 is 2.91 bits per heavy atom. The summed E-state index contributed by atoms with van der Waals surface area (Å²) in [4.78, 5) is 28.4. The quantitative estimate of drug-likeness (QED) is 0.751. The summed E-state index contributed by atoms with van der Waals surface area (Å²) < 4.78 is 10.4. The van der Waals surface area contributed by atoms with E-state index in [4.69, 9.17) is 9.15 Å². The number of nitrogens with zero attached hydrogens (tertiary/aromatic N) is 1. The Morgan fingerprint density at radius 1 is 1.41 bits per heavy atom. The number of carbonyl (C=O) groups excluding carboxylic acids is 1. The Labute approximate surface area is 129 Å². The molecule has 0 radical (unpaired) electrons. The lowest BCUT2D eigenvalue weighted by atomic mass is 10.1. The number of hydrogen-bond acceptors (Lipinski definition) is 6. The van der Waals surface area contributed by atoms with Crippen LogP contribution in [0.4, 0.5) is 5.13 Å². The fourth-order valence-electron chi connectivity index (χ4n) is 2.01. The Hall–Kier alpha value is -2.67. The van der Waals surface area contributed by atoms with Gasteiger partial charge in [0.15, 0.2) is 16.5 Å². The second-order valence-corrected chi connectivity index (χ2v) is 5.43. The average molecular weight is 316 g/mol. The fraction of sp³-hybridized carbons (Fsp3) is 0.133. The maximum Gasteiger partial charge on any atom is 0.349 e. The summed E-state index contributed by atoms with van der Waals surface area (Å²) in [6.45, 7) is 1.82. The molecule has 7 heteroatoms. The van der Waals surface area contributed by atoms with Crippen LogP contribution in [0, 0.1) is 6.92 Å². The minimum atomic E-state index is -0.720. The molecule has 22 heavy (non-hydrogen) atoms. The number of para-hydroxylation sites is 1. The Kier molecular flexibility index (Phi) is 3.64. The van der Waals surface area contributed by atoms with Crippen LogP contribution in [0.1, 0.15) is 16.1 Å². The second kappa shape index (κ2) is 5.61. The van der Waals surface area contributed by atoms with Crippen molar-refractivity contribution in [3.8, 4) is 5.75 Å². The van der Waals surface area contributed by atoms with Crippen LogP contribution in [0.15, 0.2) is 38.9 Å². The van der Waals surface area contributed by atoms with E-state index in [0.717, 1.165) is 5.69 Å². The molecule has 0 unspecified atom stereocenters. The number of ether oxygens (including phenoxy) is 1. The predicted octanol–water partition coefficient (Wildman–Crippen LogP) is 2.82. The lowest BCUT2D eigenvalue weighted by Gasteiger charge is -2.05. The summed E-state index contributed by atoms with van der Waals surface area (Å²) in [7, 11) is 1.49. The van der Waals surface area contributed by atoms with E-state index >= 15 is 0 Å². The highest BCUT2D eigenvalue weighted by Gasteiger charge is 2.16. The van der Waals surface area contributed by atoms with E-state index in [-0.39, 0.29) is 5.56 Å². The molecule has 0 spiro atoms. The molecule has 0 aliphatic carbocycles. The zero-order valence-electron chi connectivity index (χ0n) is 11.9. The molecule has 112 valence electrons. The van der Waals surface area contributed by atoms with Crippen LogP contribution >= 0.6 is 11.3 Å². The maximum absolute atomic E-state index is 12.2. The van der Waals surface area contributed by atoms with Crippen LogP contribution in [0.25, 0.3) is 11.0 Å². The lowest BCUT2D eigenvalue weighted by molar-refractivity contribution is 0.102. The average Bonchev–Trinajstić information content (AvgIpc) is 2.91. The molecule has 0 bridgehead atoms. The highest BCUT2D eigenvalue weighted by molar-refractivity contribution is 7.13. The summed E-state index contributed by atoms with van der Waals surface area (Å²) in [5.74, 6) is -0.107. The van der Waals surface area contributed by atoms with Gasteiger partial charge < -0.3 is 9.15 Å². The molecule has 6 nitrogen and oxygen atoms in total. The van der Waals surface area contributed by atoms with E-state index in [2.05, 4.69) is 10.3 Å². The summed E-state index contributed by atoms with van der Waals surface area (Å²) >= 11 is 1.29. The number of thiazole rings is 1. The van der Waals surface area contributed by atoms with E-state index in [1.807, 2.05) is 12.3 Å². The zero-order chi connectivity index (χ0) is 15.7. The van der Waals surface area contributed by atoms with Crippen molar-refractivity contribution < 1.29 is 13.9 Å². The first-order valence-corrected chi connectivity index (χ1v) is 7.31. The van der Waals surface area contributed by atoms with E-state index in [1.54, 1.807) is 18.2 Å². The number of benzene rings is 1. The topological polar surface area (TPSA) is 81.4 Å². The predicted molar refractivity (Wildman–Crippen MR) is 83.8 cm³/mol. The Bertz CT molecular complexity index is 913. The standard InChI is InChI=1S/C15H12N2O4S/c1-8-7-22-15(16-8)17-13(18)10-6-9-4-3-5-11(20-2)12(9)21-14(10)19/h3-7H,1-2H3,(H,16,17,18). The van der Waals surface area contributed by atoms with Crippen molar-refractivity contribution in [2.45, 2.75) is 6.92 Å². The van der Waals surface area contributed by atoms with Gasteiger partial charge in [0.25, 0.3) is 5.91 Å². The van der Waals surface area contributed by atoms with Gasteiger partial charge in [0.05, 0.1) is 12.8 Å². The zero-order valence-corrected chi connectivity index (χ0v) is 12.7. The fourth-order valence-corrected chi connectivity index (χ4v) is 2.70. The smallest absolute Gasteiger partial charge is 0.349 e. The van der Waals surface area contributed by atoms with Crippen LogP contribution in [0.5, 0.6) is 5.75 Å². The number of hydrogen-bond donors (Lipinski definition) is 1. The SMILES string of the molecule is COc1cccc2cc(C(=O)Nc3nc(C)cs3)c(=O)oc12. The van der Waals surface area contributed by atoms with Crippen molar-refractivity contribution in [2.75, 3.05) is 12.4 Å². The number of rotatable bonds is 3. The molecule has 0 aliphatic rings. The summed E-state index contributed by atoms with van der Waals surface area (Å²) in [6.07, 6.45) is 0. The van der Waals surface area contributed by atoms with Crippen molar-refractivity contribution in [3.05, 3.63) is 51.3 Å². The van der Waals surface area contributed by atoms with Gasteiger partial charge in [-0.15, -0.1) is 11.3 Å². The van der Waals surface area contributed by atoms with Crippen LogP contribution in [-0.2, 0) is 0 Å². The van der Waals surface area contributed by atoms with E-state index in [9.17, 15) is 9.59 Å². The highest BCUT2D eigenvalue weighted by atomic mass is 32.1. The Balaban J connectivity index is 2.02. The largest absolute Gasteiger partial charge is 0.493 e. The monoisotopic (exact) mass is 316 g/mol. The molecule has 0 saturated carbocycles. The van der Waals surface area contributed by atoms with Gasteiger partial charge in [-0.2, -0.15) is 0 Å². The molecule has 0 fully saturated rings. The van der Waals surface area contributed by atoms with Crippen molar-refractivity contribution in [3.63, 3.8) is 0 Å². The Morgan fingerprint density at radius 2 is 2.23 bits per heavy atom. The summed E-state index contributed by atoms with van der Waals surface area (Å²) in [5, 5.41) is 5.45. The van der Waals surface area contributed by atoms with E-state index in [0.29, 0.717) is 21.9 Å². The van der Waals surface area contributed by atoms with Crippen molar-refractivity contribution in [2.24, 2.45) is 0 Å². The third kappa shape index (κ3) is 2.58. The third-order valence-electron chi connectivity index (χ3n) is 3.03. The van der Waals surface area contributed by atoms with Gasteiger partial charge in [-0.05, 0) is 19.1 Å².